The lowest BCUT2D eigenvalue weighted by atomic mass is 10.2. The molecule has 0 saturated carbocycles. The molecule has 0 radical (unpaired) electrons. The van der Waals surface area contributed by atoms with Crippen molar-refractivity contribution in [3.05, 3.63) is 53.6 Å². The Hall–Kier alpha value is -3.55. The van der Waals surface area contributed by atoms with E-state index in [1.807, 2.05) is 0 Å². The van der Waals surface area contributed by atoms with E-state index in [2.05, 4.69) is 10.5 Å². The van der Waals surface area contributed by atoms with Crippen LogP contribution in [-0.2, 0) is 4.74 Å². The van der Waals surface area contributed by atoms with E-state index in [1.54, 1.807) is 56.5 Å². The molecule has 1 amide bonds. The van der Waals surface area contributed by atoms with Crippen molar-refractivity contribution >= 4 is 18.3 Å². The van der Waals surface area contributed by atoms with Crippen molar-refractivity contribution in [3.8, 4) is 17.2 Å². The molecule has 0 bridgehead atoms. The minimum Gasteiger partial charge on any atom is -0.497 e. The Balaban J connectivity index is 2.07. The first-order valence-corrected chi connectivity index (χ1v) is 8.07. The molecule has 2 rings (SSSR count). The normalized spacial score (nSPS) is 10.3. The molecule has 0 unspecified atom stereocenters. The van der Waals surface area contributed by atoms with Crippen LogP contribution in [0.5, 0.6) is 17.2 Å². The molecule has 0 atom stereocenters. The van der Waals surface area contributed by atoms with Gasteiger partial charge < -0.3 is 18.9 Å². The summed E-state index contributed by atoms with van der Waals surface area (Å²) in [5.74, 6) is 0.719. The molecule has 2 aromatic rings. The number of rotatable bonds is 7. The van der Waals surface area contributed by atoms with Crippen molar-refractivity contribution in [1.29, 1.82) is 0 Å². The van der Waals surface area contributed by atoms with Crippen molar-refractivity contribution in [2.24, 2.45) is 5.10 Å². The van der Waals surface area contributed by atoms with Crippen LogP contribution in [0.4, 0.5) is 4.79 Å². The lowest BCUT2D eigenvalue weighted by Crippen LogP contribution is -2.18. The Labute approximate surface area is 156 Å². The van der Waals surface area contributed by atoms with Gasteiger partial charge in [0.05, 0.1) is 32.6 Å². The molecule has 0 aliphatic rings. The molecule has 8 heteroatoms. The number of methoxy groups -OCH3 is 2. The molecule has 1 N–H and O–H groups in total. The second-order valence-corrected chi connectivity index (χ2v) is 5.12. The zero-order valence-corrected chi connectivity index (χ0v) is 15.2. The summed E-state index contributed by atoms with van der Waals surface area (Å²) in [6, 6.07) is 11.4. The number of nitrogens with zero attached hydrogens (tertiary/aromatic N) is 1. The number of hydrogen-bond acceptors (Lipinski definition) is 7. The molecule has 0 aliphatic heterocycles. The Morgan fingerprint density at radius 2 is 1.78 bits per heavy atom. The van der Waals surface area contributed by atoms with Crippen LogP contribution in [0.2, 0.25) is 0 Å². The second kappa shape index (κ2) is 9.81. The highest BCUT2D eigenvalue weighted by Crippen LogP contribution is 2.28. The average molecular weight is 372 g/mol. The molecular formula is C19H20N2O6. The highest BCUT2D eigenvalue weighted by molar-refractivity contribution is 5.91. The molecule has 0 spiro atoms. The fraction of sp³-hybridized carbons (Fsp3) is 0.211. The van der Waals surface area contributed by atoms with Gasteiger partial charge in [-0.15, -0.1) is 0 Å². The summed E-state index contributed by atoms with van der Waals surface area (Å²) >= 11 is 0. The number of carbonyl (C=O) groups excluding carboxylic acids is 2. The standard InChI is InChI=1S/C19H20N2O6/c1-4-26-19(23)21-20-12-13-5-10-16(17(11-13)25-3)27-18(22)14-6-8-15(24-2)9-7-14/h5-12H,4H2,1-3H3,(H,21,23)/b20-12-. The largest absolute Gasteiger partial charge is 0.497 e. The van der Waals surface area contributed by atoms with Gasteiger partial charge in [-0.2, -0.15) is 5.10 Å². The first-order chi connectivity index (χ1) is 13.1. The molecule has 0 heterocycles. The number of amides is 1. The van der Waals surface area contributed by atoms with Crippen LogP contribution in [0.1, 0.15) is 22.8 Å². The Kier molecular flexibility index (Phi) is 7.18. The number of esters is 1. The summed E-state index contributed by atoms with van der Waals surface area (Å²) in [7, 11) is 3.00. The summed E-state index contributed by atoms with van der Waals surface area (Å²) in [4.78, 5) is 23.4. The summed E-state index contributed by atoms with van der Waals surface area (Å²) in [6.45, 7) is 1.95. The maximum atomic E-state index is 12.3. The van der Waals surface area contributed by atoms with Crippen LogP contribution >= 0.6 is 0 Å². The number of nitrogens with one attached hydrogen (secondary N) is 1. The lowest BCUT2D eigenvalue weighted by molar-refractivity contribution is 0.0729. The van der Waals surface area contributed by atoms with Crippen molar-refractivity contribution in [3.63, 3.8) is 0 Å². The minimum absolute atomic E-state index is 0.253. The van der Waals surface area contributed by atoms with Crippen LogP contribution in [0.15, 0.2) is 47.6 Å². The predicted octanol–water partition coefficient (Wildman–Crippen LogP) is 3.00. The Bertz CT molecular complexity index is 817. The van der Waals surface area contributed by atoms with Crippen LogP contribution in [0.3, 0.4) is 0 Å². The van der Waals surface area contributed by atoms with Gasteiger partial charge in [-0.25, -0.2) is 15.0 Å². The van der Waals surface area contributed by atoms with E-state index in [4.69, 9.17) is 18.9 Å². The van der Waals surface area contributed by atoms with E-state index >= 15 is 0 Å². The van der Waals surface area contributed by atoms with Crippen molar-refractivity contribution < 1.29 is 28.5 Å². The zero-order valence-electron chi connectivity index (χ0n) is 15.2. The van der Waals surface area contributed by atoms with Gasteiger partial charge in [-0.1, -0.05) is 0 Å². The highest BCUT2D eigenvalue weighted by atomic mass is 16.6. The summed E-state index contributed by atoms with van der Waals surface area (Å²) < 4.78 is 20.4. The second-order valence-electron chi connectivity index (χ2n) is 5.12. The van der Waals surface area contributed by atoms with E-state index in [9.17, 15) is 9.59 Å². The van der Waals surface area contributed by atoms with E-state index < -0.39 is 12.1 Å². The third kappa shape index (κ3) is 5.74. The minimum atomic E-state index is -0.647. The van der Waals surface area contributed by atoms with Crippen LogP contribution in [0, 0.1) is 0 Å². The third-order valence-electron chi connectivity index (χ3n) is 3.36. The van der Waals surface area contributed by atoms with Gasteiger partial charge >= 0.3 is 12.1 Å². The van der Waals surface area contributed by atoms with Gasteiger partial charge in [-0.3, -0.25) is 0 Å². The Morgan fingerprint density at radius 3 is 2.41 bits per heavy atom. The van der Waals surface area contributed by atoms with Gasteiger partial charge in [0.15, 0.2) is 11.5 Å². The van der Waals surface area contributed by atoms with E-state index in [0.29, 0.717) is 22.6 Å². The molecule has 142 valence electrons. The smallest absolute Gasteiger partial charge is 0.427 e. The zero-order chi connectivity index (χ0) is 19.6. The predicted molar refractivity (Wildman–Crippen MR) is 98.7 cm³/mol. The van der Waals surface area contributed by atoms with Crippen molar-refractivity contribution in [2.75, 3.05) is 20.8 Å². The number of hydrogen-bond donors (Lipinski definition) is 1. The molecule has 0 fully saturated rings. The number of carbonyl (C=O) groups is 2. The van der Waals surface area contributed by atoms with Gasteiger partial charge in [-0.05, 0) is 55.0 Å². The molecule has 2 aromatic carbocycles. The first-order valence-electron chi connectivity index (χ1n) is 8.07. The summed E-state index contributed by atoms with van der Waals surface area (Å²) in [5, 5.41) is 3.77. The summed E-state index contributed by atoms with van der Waals surface area (Å²) in [6.07, 6.45) is 0.764. The van der Waals surface area contributed by atoms with E-state index in [-0.39, 0.29) is 12.4 Å². The van der Waals surface area contributed by atoms with Gasteiger partial charge in [0, 0.05) is 0 Å². The number of hydrazone groups is 1. The van der Waals surface area contributed by atoms with E-state index in [1.165, 1.54) is 13.3 Å². The number of ether oxygens (including phenoxy) is 4. The molecule has 0 aliphatic carbocycles. The molecule has 0 aromatic heterocycles. The SMILES string of the molecule is CCOC(=O)N/N=C\c1ccc(OC(=O)c2ccc(OC)cc2)c(OC)c1. The van der Waals surface area contributed by atoms with Gasteiger partial charge in [0.2, 0.25) is 0 Å². The first kappa shape index (κ1) is 19.8. The monoisotopic (exact) mass is 372 g/mol. The highest BCUT2D eigenvalue weighted by Gasteiger charge is 2.13. The third-order valence-corrected chi connectivity index (χ3v) is 3.36. The molecular weight excluding hydrogens is 352 g/mol. The lowest BCUT2D eigenvalue weighted by Gasteiger charge is -2.10. The quantitative estimate of drug-likeness (QED) is 0.347. The summed E-state index contributed by atoms with van der Waals surface area (Å²) in [5.41, 5.74) is 3.23. The average Bonchev–Trinajstić information content (AvgIpc) is 2.69. The van der Waals surface area contributed by atoms with Gasteiger partial charge in [0.1, 0.15) is 5.75 Å². The maximum absolute atomic E-state index is 12.3. The maximum Gasteiger partial charge on any atom is 0.427 e. The van der Waals surface area contributed by atoms with E-state index in [0.717, 1.165) is 0 Å². The van der Waals surface area contributed by atoms with Gasteiger partial charge in [0.25, 0.3) is 0 Å². The van der Waals surface area contributed by atoms with Crippen LogP contribution < -0.4 is 19.6 Å². The number of benzene rings is 2. The molecule has 0 saturated heterocycles. The van der Waals surface area contributed by atoms with Crippen molar-refractivity contribution in [1.82, 2.24) is 5.43 Å². The fourth-order valence-electron chi connectivity index (χ4n) is 2.06. The van der Waals surface area contributed by atoms with Crippen molar-refractivity contribution in [2.45, 2.75) is 6.92 Å². The Morgan fingerprint density at radius 1 is 1.04 bits per heavy atom. The van der Waals surface area contributed by atoms with Crippen LogP contribution in [0.25, 0.3) is 0 Å². The van der Waals surface area contributed by atoms with Crippen LogP contribution in [-0.4, -0.2) is 39.1 Å². The molecule has 27 heavy (non-hydrogen) atoms. The fourth-order valence-corrected chi connectivity index (χ4v) is 2.06. The topological polar surface area (TPSA) is 95.5 Å². The molecule has 8 nitrogen and oxygen atoms in total.